The smallest absolute Gasteiger partial charge is 0.305 e. The fourth-order valence-electron chi connectivity index (χ4n) is 0.979. The molecule has 13 heavy (non-hydrogen) atoms. The first kappa shape index (κ1) is 9.79. The maximum absolute atomic E-state index is 10.8. The Labute approximate surface area is 76.4 Å². The summed E-state index contributed by atoms with van der Waals surface area (Å²) < 4.78 is 0. The van der Waals surface area contributed by atoms with Crippen LogP contribution in [0, 0.1) is 0 Å². The third-order valence-corrected chi connectivity index (χ3v) is 1.36. The van der Waals surface area contributed by atoms with Crippen molar-refractivity contribution in [3.05, 3.63) is 0 Å². The number of carbonyl (C=O) groups is 2. The summed E-state index contributed by atoms with van der Waals surface area (Å²) in [4.78, 5) is 21.7. The van der Waals surface area contributed by atoms with Crippen LogP contribution in [0.25, 0.3) is 0 Å². The molecule has 0 aromatic heterocycles. The zero-order valence-electron chi connectivity index (χ0n) is 7.89. The molecule has 1 aliphatic heterocycles. The van der Waals surface area contributed by atoms with Gasteiger partial charge in [0.15, 0.2) is 6.29 Å². The Morgan fingerprint density at radius 3 is 2.00 bits per heavy atom. The van der Waals surface area contributed by atoms with Gasteiger partial charge in [-0.2, -0.15) is 0 Å². The van der Waals surface area contributed by atoms with Crippen LogP contribution in [0.4, 0.5) is 9.59 Å². The van der Waals surface area contributed by atoms with Crippen LogP contribution < -0.4 is 21.3 Å². The molecule has 1 saturated heterocycles. The van der Waals surface area contributed by atoms with E-state index in [1.165, 1.54) is 0 Å². The summed E-state index contributed by atoms with van der Waals surface area (Å²) in [5.74, 6) is 0. The van der Waals surface area contributed by atoms with Crippen LogP contribution >= 0.6 is 0 Å². The molecule has 4 amide bonds. The van der Waals surface area contributed by atoms with Crippen molar-refractivity contribution >= 4 is 12.1 Å². The fraction of sp³-hybridized carbons (Fsp3) is 0.714. The van der Waals surface area contributed by atoms with Crippen molar-refractivity contribution in [2.24, 2.45) is 0 Å². The third-order valence-electron chi connectivity index (χ3n) is 1.36. The summed E-state index contributed by atoms with van der Waals surface area (Å²) in [6.45, 7) is 5.81. The molecule has 4 N–H and O–H groups in total. The van der Waals surface area contributed by atoms with Crippen molar-refractivity contribution in [2.45, 2.75) is 32.6 Å². The summed E-state index contributed by atoms with van der Waals surface area (Å²) in [5, 5.41) is 10.1. The average Bonchev–Trinajstić information content (AvgIpc) is 1.78. The number of amides is 4. The summed E-state index contributed by atoms with van der Waals surface area (Å²) in [7, 11) is 0. The van der Waals surface area contributed by atoms with E-state index in [9.17, 15) is 9.59 Å². The molecule has 0 aromatic carbocycles. The van der Waals surface area contributed by atoms with Crippen molar-refractivity contribution in [2.75, 3.05) is 0 Å². The molecule has 0 spiro atoms. The Balaban J connectivity index is 2.51. The highest BCUT2D eigenvalue weighted by Crippen LogP contribution is 1.99. The van der Waals surface area contributed by atoms with Gasteiger partial charge in [0, 0.05) is 5.54 Å². The molecule has 0 unspecified atom stereocenters. The highest BCUT2D eigenvalue weighted by Gasteiger charge is 2.25. The molecule has 6 heteroatoms. The van der Waals surface area contributed by atoms with Crippen molar-refractivity contribution in [3.8, 4) is 0 Å². The van der Waals surface area contributed by atoms with E-state index in [2.05, 4.69) is 21.3 Å². The minimum absolute atomic E-state index is 0.178. The lowest BCUT2D eigenvalue weighted by Gasteiger charge is -2.32. The lowest BCUT2D eigenvalue weighted by atomic mass is 10.1. The van der Waals surface area contributed by atoms with E-state index in [0.717, 1.165) is 0 Å². The molecule has 1 heterocycles. The predicted molar refractivity (Wildman–Crippen MR) is 46.9 cm³/mol. The molecule has 1 rings (SSSR count). The van der Waals surface area contributed by atoms with Crippen molar-refractivity contribution in [1.29, 1.82) is 0 Å². The summed E-state index contributed by atoms with van der Waals surface area (Å²) in [5.41, 5.74) is -0.178. The number of hydrogen-bond acceptors (Lipinski definition) is 3. The summed E-state index contributed by atoms with van der Waals surface area (Å²) >= 11 is 0. The van der Waals surface area contributed by atoms with E-state index in [-0.39, 0.29) is 5.54 Å². The van der Waals surface area contributed by atoms with Gasteiger partial charge in [0.1, 0.15) is 0 Å². The maximum Gasteiger partial charge on any atom is 0.325 e. The average molecular weight is 186 g/mol. The number of imide groups is 1. The Hall–Kier alpha value is -1.30. The lowest BCUT2D eigenvalue weighted by Crippen LogP contribution is -2.69. The van der Waals surface area contributed by atoms with Crippen LogP contribution in [0.5, 0.6) is 0 Å². The minimum atomic E-state index is -0.513. The van der Waals surface area contributed by atoms with Crippen LogP contribution in [0.3, 0.4) is 0 Å². The summed E-state index contributed by atoms with van der Waals surface area (Å²) in [6.07, 6.45) is -0.513. The highest BCUT2D eigenvalue weighted by atomic mass is 16.2. The second-order valence-electron chi connectivity index (χ2n) is 3.90. The standard InChI is InChI=1S/C7H14N4O2/c1-7(2,3)11-4-8-5(12)10-6(13)9-4/h4,11H,1-3H3,(H3,8,9,10,12,13). The topological polar surface area (TPSA) is 82.3 Å². The Bertz CT molecular complexity index is 217. The van der Waals surface area contributed by atoms with E-state index in [1.807, 2.05) is 20.8 Å². The number of carbonyl (C=O) groups excluding carboxylic acids is 2. The number of urea groups is 2. The molecule has 1 fully saturated rings. The van der Waals surface area contributed by atoms with Crippen molar-refractivity contribution in [1.82, 2.24) is 21.3 Å². The van der Waals surface area contributed by atoms with Crippen LogP contribution in [0.1, 0.15) is 20.8 Å². The van der Waals surface area contributed by atoms with E-state index in [0.29, 0.717) is 0 Å². The van der Waals surface area contributed by atoms with Gasteiger partial charge in [-0.1, -0.05) is 0 Å². The molecule has 0 bridgehead atoms. The van der Waals surface area contributed by atoms with Gasteiger partial charge in [-0.05, 0) is 20.8 Å². The predicted octanol–water partition coefficient (Wildman–Crippen LogP) is -0.319. The first-order valence-corrected chi connectivity index (χ1v) is 4.02. The molecule has 74 valence electrons. The normalized spacial score (nSPS) is 19.0. The first-order chi connectivity index (χ1) is 5.87. The van der Waals surface area contributed by atoms with Crippen molar-refractivity contribution < 1.29 is 9.59 Å². The van der Waals surface area contributed by atoms with Gasteiger partial charge in [-0.3, -0.25) is 10.6 Å². The highest BCUT2D eigenvalue weighted by molar-refractivity contribution is 5.95. The largest absolute Gasteiger partial charge is 0.325 e. The quantitative estimate of drug-likeness (QED) is 0.453. The van der Waals surface area contributed by atoms with Gasteiger partial charge >= 0.3 is 12.1 Å². The molecule has 0 atom stereocenters. The van der Waals surface area contributed by atoms with Gasteiger partial charge < -0.3 is 10.6 Å². The SMILES string of the molecule is CC(C)(C)NC1NC(=O)NC(=O)N1. The Morgan fingerprint density at radius 1 is 1.15 bits per heavy atom. The molecular formula is C7H14N4O2. The van der Waals surface area contributed by atoms with Gasteiger partial charge in [0.2, 0.25) is 0 Å². The third kappa shape index (κ3) is 3.29. The number of hydrogen-bond donors (Lipinski definition) is 4. The zero-order valence-corrected chi connectivity index (χ0v) is 7.89. The number of rotatable bonds is 1. The van der Waals surface area contributed by atoms with Crippen LogP contribution in [-0.4, -0.2) is 23.9 Å². The van der Waals surface area contributed by atoms with Crippen molar-refractivity contribution in [3.63, 3.8) is 0 Å². The molecule has 1 aliphatic rings. The summed E-state index contributed by atoms with van der Waals surface area (Å²) in [6, 6.07) is -0.990. The van der Waals surface area contributed by atoms with E-state index < -0.39 is 18.4 Å². The van der Waals surface area contributed by atoms with Crippen LogP contribution in [0.15, 0.2) is 0 Å². The molecule has 0 saturated carbocycles. The molecular weight excluding hydrogens is 172 g/mol. The van der Waals surface area contributed by atoms with Crippen LogP contribution in [0.2, 0.25) is 0 Å². The first-order valence-electron chi connectivity index (χ1n) is 4.02. The lowest BCUT2D eigenvalue weighted by molar-refractivity contribution is 0.195. The van der Waals surface area contributed by atoms with E-state index >= 15 is 0 Å². The molecule has 6 nitrogen and oxygen atoms in total. The second kappa shape index (κ2) is 3.21. The van der Waals surface area contributed by atoms with Gasteiger partial charge in [0.05, 0.1) is 0 Å². The fourth-order valence-corrected chi connectivity index (χ4v) is 0.979. The monoisotopic (exact) mass is 186 g/mol. The van der Waals surface area contributed by atoms with Crippen LogP contribution in [-0.2, 0) is 0 Å². The van der Waals surface area contributed by atoms with E-state index in [1.54, 1.807) is 0 Å². The Morgan fingerprint density at radius 2 is 1.62 bits per heavy atom. The second-order valence-corrected chi connectivity index (χ2v) is 3.90. The Kier molecular flexibility index (Phi) is 2.42. The zero-order chi connectivity index (χ0) is 10.1. The molecule has 0 aliphatic carbocycles. The molecule has 0 aromatic rings. The maximum atomic E-state index is 10.8. The number of nitrogens with one attached hydrogen (secondary N) is 4. The van der Waals surface area contributed by atoms with E-state index in [4.69, 9.17) is 0 Å². The molecule has 0 radical (unpaired) electrons. The minimum Gasteiger partial charge on any atom is -0.305 e. The van der Waals surface area contributed by atoms with Gasteiger partial charge in [-0.25, -0.2) is 9.59 Å². The van der Waals surface area contributed by atoms with Gasteiger partial charge in [-0.15, -0.1) is 0 Å². The van der Waals surface area contributed by atoms with Gasteiger partial charge in [0.25, 0.3) is 0 Å².